The van der Waals surface area contributed by atoms with Gasteiger partial charge in [-0.15, -0.1) is 0 Å². The first-order valence-electron chi connectivity index (χ1n) is 8.56. The Morgan fingerprint density at radius 1 is 1.04 bits per heavy atom. The number of hydrogen-bond donors (Lipinski definition) is 2. The van der Waals surface area contributed by atoms with E-state index in [1.54, 1.807) is 7.05 Å². The number of para-hydroxylation sites is 1. The number of nitrogens with one attached hydrogen (secondary N) is 2. The average Bonchev–Trinajstić information content (AvgIpc) is 3.00. The Hall–Kier alpha value is -3.08. The van der Waals surface area contributed by atoms with Crippen LogP contribution in [0.1, 0.15) is 27.2 Å². The first-order valence-corrected chi connectivity index (χ1v) is 8.56. The minimum Gasteiger partial charge on any atom is -0.351 e. The molecule has 0 aliphatic rings. The second-order valence-corrected chi connectivity index (χ2v) is 6.75. The van der Waals surface area contributed by atoms with E-state index in [-0.39, 0.29) is 18.4 Å². The van der Waals surface area contributed by atoms with Crippen LogP contribution in [-0.4, -0.2) is 35.3 Å². The third-order valence-corrected chi connectivity index (χ3v) is 4.48. The van der Waals surface area contributed by atoms with Gasteiger partial charge in [0.25, 0.3) is 5.91 Å². The number of rotatable bonds is 4. The predicted molar refractivity (Wildman–Crippen MR) is 105 cm³/mol. The van der Waals surface area contributed by atoms with Crippen molar-refractivity contribution in [1.82, 2.24) is 9.88 Å². The molecule has 134 valence electrons. The number of aromatic nitrogens is 1. The van der Waals surface area contributed by atoms with E-state index < -0.39 is 0 Å². The Labute approximate surface area is 153 Å². The van der Waals surface area contributed by atoms with Crippen LogP contribution in [0.4, 0.5) is 5.69 Å². The fourth-order valence-electron chi connectivity index (χ4n) is 3.04. The van der Waals surface area contributed by atoms with Crippen LogP contribution in [0, 0.1) is 20.8 Å². The summed E-state index contributed by atoms with van der Waals surface area (Å²) in [5.74, 6) is -0.430. The fourth-order valence-corrected chi connectivity index (χ4v) is 3.04. The molecule has 0 aliphatic heterocycles. The summed E-state index contributed by atoms with van der Waals surface area (Å²) in [6.45, 7) is 5.89. The van der Waals surface area contributed by atoms with E-state index >= 15 is 0 Å². The van der Waals surface area contributed by atoms with Gasteiger partial charge in [0.15, 0.2) is 0 Å². The van der Waals surface area contributed by atoms with Gasteiger partial charge in [0.2, 0.25) is 5.91 Å². The lowest BCUT2D eigenvalue weighted by Crippen LogP contribution is -2.35. The highest BCUT2D eigenvalue weighted by molar-refractivity contribution is 6.01. The van der Waals surface area contributed by atoms with Crippen molar-refractivity contribution in [3.63, 3.8) is 0 Å². The first kappa shape index (κ1) is 17.7. The molecule has 1 aromatic heterocycles. The number of nitrogens with zero attached hydrogens (tertiary/aromatic N) is 1. The zero-order valence-corrected chi connectivity index (χ0v) is 15.5. The lowest BCUT2D eigenvalue weighted by molar-refractivity contribution is -0.116. The van der Waals surface area contributed by atoms with E-state index in [4.69, 9.17) is 0 Å². The smallest absolute Gasteiger partial charge is 0.270 e. The van der Waals surface area contributed by atoms with Crippen LogP contribution in [-0.2, 0) is 4.79 Å². The number of H-pyrrole nitrogens is 1. The molecule has 3 rings (SSSR count). The molecule has 2 N–H and O–H groups in total. The monoisotopic (exact) mass is 349 g/mol. The Kier molecular flexibility index (Phi) is 4.80. The van der Waals surface area contributed by atoms with Crippen LogP contribution in [0.25, 0.3) is 10.9 Å². The molecule has 26 heavy (non-hydrogen) atoms. The van der Waals surface area contributed by atoms with Gasteiger partial charge in [0.1, 0.15) is 5.69 Å². The quantitative estimate of drug-likeness (QED) is 0.752. The SMILES string of the molecule is Cc1ccc2cc(C(=O)N(C)CC(=O)Nc3c(C)cccc3C)[nH]c2c1. The van der Waals surface area contributed by atoms with Crippen molar-refractivity contribution >= 4 is 28.4 Å². The van der Waals surface area contributed by atoms with Gasteiger partial charge in [0.05, 0.1) is 6.54 Å². The molecule has 0 spiro atoms. The summed E-state index contributed by atoms with van der Waals surface area (Å²) in [6.07, 6.45) is 0. The molecule has 0 fully saturated rings. The lowest BCUT2D eigenvalue weighted by Gasteiger charge is -2.17. The average molecular weight is 349 g/mol. The minimum atomic E-state index is -0.217. The Morgan fingerprint density at radius 3 is 2.42 bits per heavy atom. The van der Waals surface area contributed by atoms with E-state index in [1.165, 1.54) is 4.90 Å². The maximum atomic E-state index is 12.6. The van der Waals surface area contributed by atoms with Crippen LogP contribution >= 0.6 is 0 Å². The third kappa shape index (κ3) is 3.61. The summed E-state index contributed by atoms with van der Waals surface area (Å²) in [5.41, 5.74) is 5.32. The number of aromatic amines is 1. The number of anilines is 1. The second kappa shape index (κ2) is 7.04. The molecular weight excluding hydrogens is 326 g/mol. The molecule has 3 aromatic rings. The molecule has 0 saturated heterocycles. The lowest BCUT2D eigenvalue weighted by atomic mass is 10.1. The highest BCUT2D eigenvalue weighted by atomic mass is 16.2. The summed E-state index contributed by atoms with van der Waals surface area (Å²) in [4.78, 5) is 29.6. The molecule has 5 heteroatoms. The zero-order chi connectivity index (χ0) is 18.8. The second-order valence-electron chi connectivity index (χ2n) is 6.75. The van der Waals surface area contributed by atoms with Crippen molar-refractivity contribution in [3.8, 4) is 0 Å². The number of aryl methyl sites for hydroxylation is 3. The van der Waals surface area contributed by atoms with Crippen LogP contribution in [0.3, 0.4) is 0 Å². The highest BCUT2D eigenvalue weighted by Gasteiger charge is 2.18. The van der Waals surface area contributed by atoms with E-state index in [9.17, 15) is 9.59 Å². The van der Waals surface area contributed by atoms with Crippen LogP contribution in [0.5, 0.6) is 0 Å². The number of benzene rings is 2. The van der Waals surface area contributed by atoms with Gasteiger partial charge in [-0.05, 0) is 49.6 Å². The molecule has 0 atom stereocenters. The summed E-state index contributed by atoms with van der Waals surface area (Å²) in [7, 11) is 1.63. The molecule has 2 aromatic carbocycles. The topological polar surface area (TPSA) is 65.2 Å². The maximum Gasteiger partial charge on any atom is 0.270 e. The summed E-state index contributed by atoms with van der Waals surface area (Å²) in [5, 5.41) is 3.89. The van der Waals surface area contributed by atoms with Gasteiger partial charge in [-0.3, -0.25) is 9.59 Å². The molecule has 5 nitrogen and oxygen atoms in total. The van der Waals surface area contributed by atoms with Crippen molar-refractivity contribution in [1.29, 1.82) is 0 Å². The molecule has 1 heterocycles. The van der Waals surface area contributed by atoms with E-state index in [2.05, 4.69) is 10.3 Å². The van der Waals surface area contributed by atoms with E-state index in [0.717, 1.165) is 33.3 Å². The van der Waals surface area contributed by atoms with Crippen molar-refractivity contribution in [2.45, 2.75) is 20.8 Å². The van der Waals surface area contributed by atoms with Gasteiger partial charge in [0, 0.05) is 23.6 Å². The van der Waals surface area contributed by atoms with Gasteiger partial charge >= 0.3 is 0 Å². The molecule has 0 bridgehead atoms. The molecule has 0 saturated carbocycles. The Morgan fingerprint density at radius 2 is 1.73 bits per heavy atom. The molecule has 0 aliphatic carbocycles. The minimum absolute atomic E-state index is 0.0129. The summed E-state index contributed by atoms with van der Waals surface area (Å²) >= 11 is 0. The van der Waals surface area contributed by atoms with Gasteiger partial charge in [-0.1, -0.05) is 30.3 Å². The number of carbonyl (C=O) groups is 2. The number of fused-ring (bicyclic) bond motifs is 1. The normalized spacial score (nSPS) is 10.8. The molecule has 0 unspecified atom stereocenters. The molecule has 0 radical (unpaired) electrons. The predicted octanol–water partition coefficient (Wildman–Crippen LogP) is 3.80. The summed E-state index contributed by atoms with van der Waals surface area (Å²) in [6, 6.07) is 13.6. The molecular formula is C21H23N3O2. The number of likely N-dealkylation sites (N-methyl/N-ethyl adjacent to an activating group) is 1. The van der Waals surface area contributed by atoms with Gasteiger partial charge in [-0.2, -0.15) is 0 Å². The Balaban J connectivity index is 1.71. The van der Waals surface area contributed by atoms with Crippen molar-refractivity contribution in [3.05, 3.63) is 64.8 Å². The summed E-state index contributed by atoms with van der Waals surface area (Å²) < 4.78 is 0. The van der Waals surface area contributed by atoms with Crippen molar-refractivity contribution < 1.29 is 9.59 Å². The number of amides is 2. The fraction of sp³-hybridized carbons (Fsp3) is 0.238. The maximum absolute atomic E-state index is 12.6. The van der Waals surface area contributed by atoms with Crippen LogP contribution in [0.15, 0.2) is 42.5 Å². The van der Waals surface area contributed by atoms with Crippen molar-refractivity contribution in [2.75, 3.05) is 18.9 Å². The van der Waals surface area contributed by atoms with Gasteiger partial charge in [-0.25, -0.2) is 0 Å². The standard InChI is InChI=1S/C21H23N3O2/c1-13-8-9-16-11-18(22-17(16)10-13)21(26)24(4)12-19(25)23-20-14(2)6-5-7-15(20)3/h5-11,22H,12H2,1-4H3,(H,23,25). The van der Waals surface area contributed by atoms with E-state index in [1.807, 2.05) is 63.2 Å². The van der Waals surface area contributed by atoms with Crippen LogP contribution in [0.2, 0.25) is 0 Å². The highest BCUT2D eigenvalue weighted by Crippen LogP contribution is 2.20. The largest absolute Gasteiger partial charge is 0.351 e. The molecule has 2 amide bonds. The number of hydrogen-bond acceptors (Lipinski definition) is 2. The number of carbonyl (C=O) groups excluding carboxylic acids is 2. The Bertz CT molecular complexity index is 968. The first-order chi connectivity index (χ1) is 12.3. The van der Waals surface area contributed by atoms with Gasteiger partial charge < -0.3 is 15.2 Å². The van der Waals surface area contributed by atoms with E-state index in [0.29, 0.717) is 5.69 Å². The third-order valence-electron chi connectivity index (χ3n) is 4.48. The van der Waals surface area contributed by atoms with Crippen molar-refractivity contribution in [2.24, 2.45) is 0 Å². The zero-order valence-electron chi connectivity index (χ0n) is 15.5. The van der Waals surface area contributed by atoms with Crippen LogP contribution < -0.4 is 5.32 Å².